The summed E-state index contributed by atoms with van der Waals surface area (Å²) >= 11 is 1.74. The molecule has 0 spiro atoms. The number of benzene rings is 8. The minimum Gasteiger partial charge on any atom is -0.208 e. The monoisotopic (exact) mass is 844 g/mol. The molecule has 3 nitrogen and oxygen atoms in total. The molecule has 11 rings (SSSR count). The van der Waals surface area contributed by atoms with Crippen LogP contribution < -0.4 is 21.2 Å². The molecule has 3 heterocycles. The number of rotatable bonds is 6. The molecule has 264 valence electrons. The van der Waals surface area contributed by atoms with Crippen LogP contribution in [0.15, 0.2) is 188 Å². The molecule has 5 heteroatoms. The Hall–Kier alpha value is -6.28. The Morgan fingerprint density at radius 3 is 1.59 bits per heavy atom. The molecule has 0 aliphatic carbocycles. The molecule has 0 saturated carbocycles. The Kier molecular flexibility index (Phi) is 8.14. The van der Waals surface area contributed by atoms with Gasteiger partial charge in [-0.25, -0.2) is 15.0 Å². The number of fused-ring (bicyclic) bond motifs is 6. The van der Waals surface area contributed by atoms with Gasteiger partial charge in [-0.3, -0.25) is 0 Å². The first-order valence-corrected chi connectivity index (χ1v) is 21.6. The molecule has 0 fully saturated rings. The molecule has 0 amide bonds. The van der Waals surface area contributed by atoms with Gasteiger partial charge >= 0.3 is 158 Å². The molecule has 0 N–H and O–H groups in total. The van der Waals surface area contributed by atoms with Gasteiger partial charge in [0.15, 0.2) is 17.5 Å². The van der Waals surface area contributed by atoms with Crippen molar-refractivity contribution in [1.82, 2.24) is 15.0 Å². The number of halogens is 1. The van der Waals surface area contributed by atoms with Gasteiger partial charge in [-0.2, -0.15) is 0 Å². The van der Waals surface area contributed by atoms with Crippen LogP contribution in [0.1, 0.15) is 0 Å². The van der Waals surface area contributed by atoms with Crippen LogP contribution in [-0.2, 0) is 0 Å². The SMILES string of the molecule is c1ccc(-c2nc(-c3ccc(-c4ccc(-c5ccc6c(c5)-c5ccccc5[I-]6)cc4)cc3)nc(-c3cccc(-c4ccc5sc6ccccc6c5c4)c3)n2)cc1. The molecule has 56 heavy (non-hydrogen) atoms. The van der Waals surface area contributed by atoms with E-state index in [1.54, 1.807) is 0 Å². The van der Waals surface area contributed by atoms with Gasteiger partial charge in [0.05, 0.1) is 0 Å². The van der Waals surface area contributed by atoms with E-state index in [1.165, 1.54) is 60.7 Å². The zero-order valence-corrected chi connectivity index (χ0v) is 33.0. The first-order chi connectivity index (χ1) is 27.7. The van der Waals surface area contributed by atoms with E-state index in [0.29, 0.717) is 17.5 Å². The Morgan fingerprint density at radius 2 is 0.804 bits per heavy atom. The van der Waals surface area contributed by atoms with Crippen molar-refractivity contribution < 1.29 is 21.2 Å². The molecule has 0 saturated heterocycles. The maximum atomic E-state index is 5.08. The van der Waals surface area contributed by atoms with Crippen LogP contribution in [0.3, 0.4) is 0 Å². The average molecular weight is 845 g/mol. The second kappa shape index (κ2) is 13.8. The van der Waals surface area contributed by atoms with Gasteiger partial charge in [0.25, 0.3) is 0 Å². The topological polar surface area (TPSA) is 38.7 Å². The van der Waals surface area contributed by atoms with E-state index in [4.69, 9.17) is 15.0 Å². The third-order valence-corrected chi connectivity index (χ3v) is 14.7. The van der Waals surface area contributed by atoms with Crippen molar-refractivity contribution in [2.75, 3.05) is 0 Å². The molecular formula is C51H31IN3S-. The Balaban J connectivity index is 0.913. The maximum absolute atomic E-state index is 5.08. The van der Waals surface area contributed by atoms with E-state index < -0.39 is 0 Å². The van der Waals surface area contributed by atoms with Crippen molar-refractivity contribution in [3.05, 3.63) is 195 Å². The number of thiophene rings is 1. The summed E-state index contributed by atoms with van der Waals surface area (Å²) in [5, 5.41) is 2.58. The molecule has 10 aromatic rings. The zero-order valence-electron chi connectivity index (χ0n) is 30.0. The van der Waals surface area contributed by atoms with Crippen molar-refractivity contribution >= 4 is 31.5 Å². The van der Waals surface area contributed by atoms with Gasteiger partial charge in [-0.1, -0.05) is 72.8 Å². The summed E-state index contributed by atoms with van der Waals surface area (Å²) in [6.45, 7) is 0. The summed E-state index contributed by atoms with van der Waals surface area (Å²) in [5.41, 5.74) is 12.8. The molecule has 0 radical (unpaired) electrons. The molecule has 0 atom stereocenters. The number of hydrogen-bond donors (Lipinski definition) is 0. The van der Waals surface area contributed by atoms with Crippen LogP contribution >= 0.6 is 11.3 Å². The van der Waals surface area contributed by atoms with Crippen molar-refractivity contribution in [3.8, 4) is 78.7 Å². The van der Waals surface area contributed by atoms with Gasteiger partial charge in [0.1, 0.15) is 0 Å². The van der Waals surface area contributed by atoms with Gasteiger partial charge in [0.2, 0.25) is 0 Å². The predicted molar refractivity (Wildman–Crippen MR) is 228 cm³/mol. The average Bonchev–Trinajstić information content (AvgIpc) is 3.84. The van der Waals surface area contributed by atoms with Gasteiger partial charge in [-0.05, 0) is 35.4 Å². The van der Waals surface area contributed by atoms with Crippen molar-refractivity contribution in [3.63, 3.8) is 0 Å². The Morgan fingerprint density at radius 1 is 0.304 bits per heavy atom. The summed E-state index contributed by atoms with van der Waals surface area (Å²) in [6, 6.07) is 67.4. The first kappa shape index (κ1) is 33.1. The van der Waals surface area contributed by atoms with E-state index >= 15 is 0 Å². The van der Waals surface area contributed by atoms with Gasteiger partial charge < -0.3 is 0 Å². The Labute approximate surface area is 339 Å². The van der Waals surface area contributed by atoms with E-state index in [0.717, 1.165) is 27.8 Å². The fraction of sp³-hybridized carbons (Fsp3) is 0. The number of hydrogen-bond acceptors (Lipinski definition) is 4. The number of aromatic nitrogens is 3. The molecule has 2 aromatic heterocycles. The molecule has 0 unspecified atom stereocenters. The predicted octanol–water partition coefficient (Wildman–Crippen LogP) is 10.4. The zero-order chi connectivity index (χ0) is 37.0. The van der Waals surface area contributed by atoms with Gasteiger partial charge in [-0.15, -0.1) is 11.3 Å². The summed E-state index contributed by atoms with van der Waals surface area (Å²) < 4.78 is 5.64. The van der Waals surface area contributed by atoms with Crippen LogP contribution in [-0.4, -0.2) is 15.0 Å². The third-order valence-electron chi connectivity index (χ3n) is 10.5. The molecule has 1 aliphatic heterocycles. The molecule has 0 bridgehead atoms. The van der Waals surface area contributed by atoms with E-state index in [2.05, 4.69) is 170 Å². The van der Waals surface area contributed by atoms with Crippen molar-refractivity contribution in [2.24, 2.45) is 0 Å². The molecule has 8 aromatic carbocycles. The minimum absolute atomic E-state index is 0.0957. The summed E-state index contributed by atoms with van der Waals surface area (Å²) in [4.78, 5) is 15.1. The second-order valence-corrected chi connectivity index (χ2v) is 17.9. The van der Waals surface area contributed by atoms with Crippen molar-refractivity contribution in [1.29, 1.82) is 0 Å². The maximum Gasteiger partial charge on any atom is 0.164 e. The van der Waals surface area contributed by atoms with E-state index in [-0.39, 0.29) is 21.2 Å². The molecular weight excluding hydrogens is 814 g/mol. The second-order valence-electron chi connectivity index (χ2n) is 14.0. The Bertz CT molecular complexity index is 3100. The fourth-order valence-electron chi connectivity index (χ4n) is 7.63. The van der Waals surface area contributed by atoms with Crippen LogP contribution in [0.25, 0.3) is 98.8 Å². The van der Waals surface area contributed by atoms with Crippen LogP contribution in [0, 0.1) is 7.14 Å². The van der Waals surface area contributed by atoms with Crippen molar-refractivity contribution in [2.45, 2.75) is 0 Å². The van der Waals surface area contributed by atoms with Crippen LogP contribution in [0.4, 0.5) is 0 Å². The summed E-state index contributed by atoms with van der Waals surface area (Å²) in [5.74, 6) is 1.95. The summed E-state index contributed by atoms with van der Waals surface area (Å²) in [6.07, 6.45) is 0. The third kappa shape index (κ3) is 6.00. The van der Waals surface area contributed by atoms with Crippen LogP contribution in [0.2, 0.25) is 0 Å². The minimum atomic E-state index is -0.0957. The number of nitrogens with zero attached hydrogens (tertiary/aromatic N) is 3. The smallest absolute Gasteiger partial charge is 0.164 e. The fourth-order valence-corrected chi connectivity index (χ4v) is 11.6. The van der Waals surface area contributed by atoms with E-state index in [1.807, 2.05) is 29.5 Å². The quantitative estimate of drug-likeness (QED) is 0.157. The van der Waals surface area contributed by atoms with E-state index in [9.17, 15) is 0 Å². The molecule has 1 aliphatic rings. The summed E-state index contributed by atoms with van der Waals surface area (Å²) in [7, 11) is 0. The van der Waals surface area contributed by atoms with Crippen LogP contribution in [0.5, 0.6) is 0 Å². The normalized spacial score (nSPS) is 12.0. The standard InChI is InChI=1S/C51H31IN3S/c1-2-9-35(10-3-1)49-53-50(55-51(54-49)40-12-8-11-37(29-40)39-26-28-48-44(31-39)42-14-5-7-16-47(42)56-48)36-23-21-33(22-24-36)32-17-19-34(20-18-32)38-25-27-46-43(30-38)41-13-4-6-15-45(41)52-46/h1-31H/q-1. The first-order valence-electron chi connectivity index (χ1n) is 18.6. The largest absolute Gasteiger partial charge is 0.208 e. The van der Waals surface area contributed by atoms with Gasteiger partial charge in [0, 0.05) is 31.3 Å².